The van der Waals surface area contributed by atoms with Crippen LogP contribution in [0.1, 0.15) is 56.6 Å². The highest BCUT2D eigenvalue weighted by Crippen LogP contribution is 2.08. The summed E-state index contributed by atoms with van der Waals surface area (Å²) < 4.78 is 33.5. The van der Waals surface area contributed by atoms with Crippen LogP contribution in [0.2, 0.25) is 0 Å². The van der Waals surface area contributed by atoms with Crippen molar-refractivity contribution in [1.29, 1.82) is 0 Å². The fourth-order valence-corrected chi connectivity index (χ4v) is 2.93. The van der Waals surface area contributed by atoms with E-state index in [2.05, 4.69) is 42.9 Å². The number of aryl methyl sites for hydroxylation is 3. The van der Waals surface area contributed by atoms with Crippen molar-refractivity contribution in [3.8, 4) is 0 Å². The van der Waals surface area contributed by atoms with Crippen molar-refractivity contribution < 1.29 is 17.5 Å². The first-order chi connectivity index (χ1) is 12.3. The molecule has 0 N–H and O–H groups in total. The molecule has 2 rings (SSSR count). The van der Waals surface area contributed by atoms with Crippen molar-refractivity contribution in [1.82, 2.24) is 0 Å². The molecule has 0 bridgehead atoms. The Kier molecular flexibility index (Phi) is 10.1. The Hall–Kier alpha value is -1.72. The van der Waals surface area contributed by atoms with Crippen LogP contribution in [0.3, 0.4) is 0 Å². The van der Waals surface area contributed by atoms with Crippen LogP contribution in [0.25, 0.3) is 0 Å². The Morgan fingerprint density at radius 3 is 1.85 bits per heavy atom. The summed E-state index contributed by atoms with van der Waals surface area (Å²) >= 11 is 0. The van der Waals surface area contributed by atoms with Crippen LogP contribution in [0.15, 0.2) is 53.7 Å². The summed E-state index contributed by atoms with van der Waals surface area (Å²) in [6.45, 7) is 7.39. The third kappa shape index (κ3) is 9.68. The van der Waals surface area contributed by atoms with Crippen molar-refractivity contribution in [2.45, 2.75) is 70.7 Å². The molecule has 0 atom stereocenters. The van der Waals surface area contributed by atoms with Gasteiger partial charge in [0.2, 0.25) is 0 Å². The summed E-state index contributed by atoms with van der Waals surface area (Å²) in [5, 5.41) is 0. The minimum atomic E-state index is -4.27. The van der Waals surface area contributed by atoms with Gasteiger partial charge < -0.3 is 4.55 Å². The topological polar surface area (TPSA) is 61.1 Å². The lowest BCUT2D eigenvalue weighted by atomic mass is 10.1. The molecule has 4 nitrogen and oxygen atoms in total. The summed E-state index contributed by atoms with van der Waals surface area (Å²) in [4.78, 5) is -0.178. The van der Waals surface area contributed by atoms with E-state index in [1.54, 1.807) is 12.1 Å². The van der Waals surface area contributed by atoms with Gasteiger partial charge in [-0.3, -0.25) is 0 Å². The van der Waals surface area contributed by atoms with E-state index < -0.39 is 10.1 Å². The fraction of sp³-hybridized carbons (Fsp3) is 0.476. The molecule has 26 heavy (non-hydrogen) atoms. The molecule has 0 saturated carbocycles. The van der Waals surface area contributed by atoms with Crippen molar-refractivity contribution >= 4 is 10.1 Å². The molecule has 0 fully saturated rings. The molecule has 0 aliphatic carbocycles. The number of rotatable bonds is 8. The van der Waals surface area contributed by atoms with Gasteiger partial charge in [-0.25, -0.2) is 13.0 Å². The highest BCUT2D eigenvalue weighted by molar-refractivity contribution is 7.85. The van der Waals surface area contributed by atoms with Gasteiger partial charge in [0, 0.05) is 18.6 Å². The lowest BCUT2D eigenvalue weighted by Gasteiger charge is -2.05. The summed E-state index contributed by atoms with van der Waals surface area (Å²) in [6, 6.07) is 10.1. The van der Waals surface area contributed by atoms with Crippen molar-refractivity contribution in [3.63, 3.8) is 0 Å². The summed E-state index contributed by atoms with van der Waals surface area (Å²) in [5.74, 6) is 0. The molecular formula is C21H31NO3S. The molecule has 0 amide bonds. The van der Waals surface area contributed by atoms with Gasteiger partial charge in [-0.1, -0.05) is 50.3 Å². The number of nitrogens with zero attached hydrogens (tertiary/aromatic N) is 1. The van der Waals surface area contributed by atoms with Crippen LogP contribution in [-0.2, 0) is 16.7 Å². The predicted molar refractivity (Wildman–Crippen MR) is 104 cm³/mol. The fourth-order valence-electron chi connectivity index (χ4n) is 2.46. The highest BCUT2D eigenvalue weighted by atomic mass is 32.2. The van der Waals surface area contributed by atoms with Crippen LogP contribution in [-0.4, -0.2) is 13.0 Å². The number of hydrogen-bond acceptors (Lipinski definition) is 3. The van der Waals surface area contributed by atoms with E-state index in [-0.39, 0.29) is 4.90 Å². The van der Waals surface area contributed by atoms with Gasteiger partial charge in [-0.05, 0) is 38.0 Å². The van der Waals surface area contributed by atoms with E-state index in [9.17, 15) is 13.0 Å². The van der Waals surface area contributed by atoms with Gasteiger partial charge in [0.05, 0.1) is 4.90 Å². The number of pyridine rings is 1. The summed E-state index contributed by atoms with van der Waals surface area (Å²) in [6.07, 6.45) is 12.6. The molecule has 0 saturated heterocycles. The Bertz CT molecular complexity index is 723. The van der Waals surface area contributed by atoms with E-state index in [1.807, 2.05) is 6.92 Å². The van der Waals surface area contributed by atoms with Crippen LogP contribution >= 0.6 is 0 Å². The maximum absolute atomic E-state index is 10.4. The Morgan fingerprint density at radius 2 is 1.31 bits per heavy atom. The quantitative estimate of drug-likeness (QED) is 0.385. The van der Waals surface area contributed by atoms with Crippen LogP contribution in [0.5, 0.6) is 0 Å². The molecule has 0 unspecified atom stereocenters. The van der Waals surface area contributed by atoms with Gasteiger partial charge in [-0.2, -0.15) is 0 Å². The van der Waals surface area contributed by atoms with Crippen LogP contribution in [0, 0.1) is 13.8 Å². The summed E-state index contributed by atoms with van der Waals surface area (Å²) in [5.41, 5.74) is 2.27. The third-order valence-electron chi connectivity index (χ3n) is 4.14. The second-order valence-corrected chi connectivity index (χ2v) is 8.03. The molecule has 1 heterocycles. The van der Waals surface area contributed by atoms with Gasteiger partial charge in [0.15, 0.2) is 12.4 Å². The van der Waals surface area contributed by atoms with E-state index in [4.69, 9.17) is 0 Å². The molecule has 1 aromatic carbocycles. The number of hydrogen-bond donors (Lipinski definition) is 0. The normalized spacial score (nSPS) is 10.9. The summed E-state index contributed by atoms with van der Waals surface area (Å²) in [7, 11) is -4.27. The van der Waals surface area contributed by atoms with E-state index >= 15 is 0 Å². The number of aromatic nitrogens is 1. The van der Waals surface area contributed by atoms with E-state index in [0.717, 1.165) is 5.56 Å². The third-order valence-corrected chi connectivity index (χ3v) is 4.99. The Morgan fingerprint density at radius 1 is 0.808 bits per heavy atom. The minimum Gasteiger partial charge on any atom is -0.744 e. The second-order valence-electron chi connectivity index (χ2n) is 6.65. The van der Waals surface area contributed by atoms with Gasteiger partial charge >= 0.3 is 0 Å². The van der Waals surface area contributed by atoms with Gasteiger partial charge in [0.1, 0.15) is 16.7 Å². The lowest BCUT2D eigenvalue weighted by Crippen LogP contribution is -2.32. The molecule has 1 aromatic heterocycles. The first kappa shape index (κ1) is 22.3. The molecule has 144 valence electrons. The second kappa shape index (κ2) is 11.8. The lowest BCUT2D eigenvalue weighted by molar-refractivity contribution is -0.697. The highest BCUT2D eigenvalue weighted by Gasteiger charge is 1.99. The largest absolute Gasteiger partial charge is 0.744 e. The maximum atomic E-state index is 10.4. The zero-order valence-electron chi connectivity index (χ0n) is 16.1. The van der Waals surface area contributed by atoms with Gasteiger partial charge in [0.25, 0.3) is 0 Å². The van der Waals surface area contributed by atoms with Crippen molar-refractivity contribution in [2.75, 3.05) is 0 Å². The monoisotopic (exact) mass is 377 g/mol. The smallest absolute Gasteiger partial charge is 0.169 e. The zero-order valence-corrected chi connectivity index (χ0v) is 17.0. The average molecular weight is 378 g/mol. The van der Waals surface area contributed by atoms with Gasteiger partial charge in [-0.15, -0.1) is 0 Å². The molecule has 0 spiro atoms. The molecule has 0 aliphatic rings. The minimum absolute atomic E-state index is 0.178. The standard InChI is InChI=1S/C14H24N.C7H8O3S/c1-3-4-5-6-7-8-11-15-12-9-14(2)10-13-15;1-6-2-4-7(5-3-6)11(8,9)10/h9-10,12-13H,3-8,11H2,1-2H3;2-5H,1H3,(H,8,9,10)/q+1;/p-1. The Balaban J connectivity index is 0.000000273. The molecule has 5 heteroatoms. The molecule has 2 aromatic rings. The van der Waals surface area contributed by atoms with Crippen LogP contribution < -0.4 is 4.57 Å². The zero-order chi connectivity index (χ0) is 19.4. The molecule has 0 radical (unpaired) electrons. The molecule has 0 aliphatic heterocycles. The van der Waals surface area contributed by atoms with Crippen molar-refractivity contribution in [2.24, 2.45) is 0 Å². The Labute approximate surface area is 158 Å². The first-order valence-corrected chi connectivity index (χ1v) is 10.7. The molecular weight excluding hydrogens is 346 g/mol. The van der Waals surface area contributed by atoms with E-state index in [0.29, 0.717) is 0 Å². The number of benzene rings is 1. The average Bonchev–Trinajstić information content (AvgIpc) is 2.60. The maximum Gasteiger partial charge on any atom is 0.169 e. The number of unbranched alkanes of at least 4 members (excludes halogenated alkanes) is 5. The van der Waals surface area contributed by atoms with Crippen LogP contribution in [0.4, 0.5) is 0 Å². The predicted octanol–water partition coefficient (Wildman–Crippen LogP) is 4.54. The van der Waals surface area contributed by atoms with Crippen molar-refractivity contribution in [3.05, 3.63) is 59.9 Å². The SMILES string of the molecule is CCCCCCCC[n+]1ccc(C)cc1.Cc1ccc(S(=O)(=O)[O-])cc1. The van der Waals surface area contributed by atoms with E-state index in [1.165, 1.54) is 62.8 Å². The first-order valence-electron chi connectivity index (χ1n) is 9.31.